The lowest BCUT2D eigenvalue weighted by atomic mass is 10.2. The third kappa shape index (κ3) is 3.56. The Morgan fingerprint density at radius 2 is 2.19 bits per heavy atom. The zero-order valence-electron chi connectivity index (χ0n) is 11.8. The summed E-state index contributed by atoms with van der Waals surface area (Å²) in [6.07, 6.45) is 1.10. The Morgan fingerprint density at radius 3 is 2.81 bits per heavy atom. The van der Waals surface area contributed by atoms with Crippen molar-refractivity contribution in [3.8, 4) is 0 Å². The van der Waals surface area contributed by atoms with Crippen molar-refractivity contribution in [3.05, 3.63) is 46.1 Å². The normalized spacial score (nSPS) is 10.2. The van der Waals surface area contributed by atoms with Gasteiger partial charge in [-0.15, -0.1) is 0 Å². The fourth-order valence-corrected chi connectivity index (χ4v) is 1.74. The van der Waals surface area contributed by atoms with E-state index < -0.39 is 4.92 Å². The predicted octanol–water partition coefficient (Wildman–Crippen LogP) is 1.65. The van der Waals surface area contributed by atoms with E-state index in [1.165, 1.54) is 0 Å². The highest BCUT2D eigenvalue weighted by Crippen LogP contribution is 2.19. The number of rotatable bonds is 5. The molecule has 0 amide bonds. The number of hydrogen-bond acceptors (Lipinski definition) is 7. The average molecular weight is 288 g/mol. The van der Waals surface area contributed by atoms with Crippen molar-refractivity contribution >= 4 is 23.1 Å². The number of nitrogen functional groups attached to an aromatic ring is 1. The molecule has 0 aliphatic heterocycles. The second-order valence-electron chi connectivity index (χ2n) is 4.64. The molecule has 110 valence electrons. The third-order valence-electron chi connectivity index (χ3n) is 2.87. The van der Waals surface area contributed by atoms with Gasteiger partial charge in [0.2, 0.25) is 11.8 Å². The molecule has 1 aromatic carbocycles. The van der Waals surface area contributed by atoms with Gasteiger partial charge >= 0.3 is 5.69 Å². The van der Waals surface area contributed by atoms with Crippen LogP contribution in [0.3, 0.4) is 0 Å². The molecule has 2 rings (SSSR count). The van der Waals surface area contributed by atoms with Gasteiger partial charge in [-0.1, -0.05) is 12.1 Å². The monoisotopic (exact) mass is 288 g/mol. The van der Waals surface area contributed by atoms with E-state index >= 15 is 0 Å². The summed E-state index contributed by atoms with van der Waals surface area (Å²) in [5, 5.41) is 13.6. The molecule has 2 aromatic rings. The maximum Gasteiger partial charge on any atom is 0.329 e. The Bertz CT molecular complexity index is 659. The second kappa shape index (κ2) is 6.04. The first kappa shape index (κ1) is 14.5. The lowest BCUT2D eigenvalue weighted by Crippen LogP contribution is -2.10. The standard InChI is InChI=1S/C13H16N6O2/c1-18(2)10-5-3-4-9(6-10)7-15-13-16-8-11(19(20)21)12(14)17-13/h3-6,8H,7H2,1-2H3,(H3,14,15,16,17). The first-order valence-corrected chi connectivity index (χ1v) is 6.24. The molecule has 8 nitrogen and oxygen atoms in total. The van der Waals surface area contributed by atoms with Crippen LogP contribution in [0.2, 0.25) is 0 Å². The van der Waals surface area contributed by atoms with Crippen LogP contribution >= 0.6 is 0 Å². The molecule has 0 aliphatic carbocycles. The van der Waals surface area contributed by atoms with Gasteiger partial charge in [-0.3, -0.25) is 10.1 Å². The summed E-state index contributed by atoms with van der Waals surface area (Å²) < 4.78 is 0. The van der Waals surface area contributed by atoms with Crippen molar-refractivity contribution in [2.45, 2.75) is 6.54 Å². The number of hydrogen-bond donors (Lipinski definition) is 2. The third-order valence-corrected chi connectivity index (χ3v) is 2.87. The Morgan fingerprint density at radius 1 is 1.43 bits per heavy atom. The summed E-state index contributed by atoms with van der Waals surface area (Å²) in [7, 11) is 3.93. The van der Waals surface area contributed by atoms with E-state index in [0.29, 0.717) is 6.54 Å². The molecule has 8 heteroatoms. The molecule has 1 aromatic heterocycles. The van der Waals surface area contributed by atoms with Crippen LogP contribution in [-0.4, -0.2) is 29.0 Å². The maximum absolute atomic E-state index is 10.6. The number of nitrogens with one attached hydrogen (secondary N) is 1. The van der Waals surface area contributed by atoms with E-state index in [0.717, 1.165) is 17.4 Å². The Balaban J connectivity index is 2.08. The number of nitrogens with two attached hydrogens (primary N) is 1. The predicted molar refractivity (Wildman–Crippen MR) is 81.2 cm³/mol. The van der Waals surface area contributed by atoms with Gasteiger partial charge in [0.25, 0.3) is 0 Å². The molecule has 0 radical (unpaired) electrons. The summed E-state index contributed by atoms with van der Waals surface area (Å²) >= 11 is 0. The molecule has 21 heavy (non-hydrogen) atoms. The lowest BCUT2D eigenvalue weighted by Gasteiger charge is -2.13. The van der Waals surface area contributed by atoms with Crippen LogP contribution in [0.4, 0.5) is 23.1 Å². The van der Waals surface area contributed by atoms with Gasteiger partial charge in [-0.05, 0) is 17.7 Å². The van der Waals surface area contributed by atoms with Crippen LogP contribution in [0, 0.1) is 10.1 Å². The topological polar surface area (TPSA) is 110 Å². The van der Waals surface area contributed by atoms with E-state index in [1.54, 1.807) is 0 Å². The number of anilines is 3. The zero-order chi connectivity index (χ0) is 15.4. The summed E-state index contributed by atoms with van der Waals surface area (Å²) in [5.74, 6) is 0.105. The molecule has 0 saturated carbocycles. The van der Waals surface area contributed by atoms with Crippen molar-refractivity contribution in [1.82, 2.24) is 9.97 Å². The highest BCUT2D eigenvalue weighted by Gasteiger charge is 2.13. The summed E-state index contributed by atoms with van der Waals surface area (Å²) in [6, 6.07) is 7.96. The minimum atomic E-state index is -0.611. The fraction of sp³-hybridized carbons (Fsp3) is 0.231. The van der Waals surface area contributed by atoms with Gasteiger partial charge in [0, 0.05) is 26.3 Å². The minimum Gasteiger partial charge on any atom is -0.378 e. The van der Waals surface area contributed by atoms with Crippen LogP contribution in [0.15, 0.2) is 30.5 Å². The number of benzene rings is 1. The van der Waals surface area contributed by atoms with Crippen molar-refractivity contribution in [2.24, 2.45) is 0 Å². The maximum atomic E-state index is 10.6. The number of nitro groups is 1. The molecule has 0 atom stereocenters. The van der Waals surface area contributed by atoms with Gasteiger partial charge in [0.1, 0.15) is 6.20 Å². The van der Waals surface area contributed by atoms with Crippen LogP contribution in [-0.2, 0) is 6.54 Å². The Hall–Kier alpha value is -2.90. The van der Waals surface area contributed by atoms with Gasteiger partial charge in [0.15, 0.2) is 0 Å². The van der Waals surface area contributed by atoms with E-state index in [2.05, 4.69) is 15.3 Å². The molecule has 0 spiro atoms. The van der Waals surface area contributed by atoms with Crippen molar-refractivity contribution in [2.75, 3.05) is 30.0 Å². The average Bonchev–Trinajstić information content (AvgIpc) is 2.45. The van der Waals surface area contributed by atoms with Crippen LogP contribution in [0.25, 0.3) is 0 Å². The Labute approximate surface area is 121 Å². The lowest BCUT2D eigenvalue weighted by molar-refractivity contribution is -0.384. The molecular formula is C13H16N6O2. The van der Waals surface area contributed by atoms with E-state index in [9.17, 15) is 10.1 Å². The highest BCUT2D eigenvalue weighted by atomic mass is 16.6. The van der Waals surface area contributed by atoms with Gasteiger partial charge in [-0.25, -0.2) is 4.98 Å². The van der Waals surface area contributed by atoms with Crippen molar-refractivity contribution in [3.63, 3.8) is 0 Å². The molecule has 0 saturated heterocycles. The SMILES string of the molecule is CN(C)c1cccc(CNc2ncc([N+](=O)[O-])c(N)n2)c1. The van der Waals surface area contributed by atoms with E-state index in [-0.39, 0.29) is 17.5 Å². The van der Waals surface area contributed by atoms with Crippen molar-refractivity contribution in [1.29, 1.82) is 0 Å². The molecule has 3 N–H and O–H groups in total. The highest BCUT2D eigenvalue weighted by molar-refractivity contribution is 5.53. The summed E-state index contributed by atoms with van der Waals surface area (Å²) in [4.78, 5) is 19.8. The summed E-state index contributed by atoms with van der Waals surface area (Å²) in [5.41, 5.74) is 7.34. The number of aromatic nitrogens is 2. The molecular weight excluding hydrogens is 272 g/mol. The minimum absolute atomic E-state index is 0.153. The first-order chi connectivity index (χ1) is 9.97. The molecule has 0 unspecified atom stereocenters. The van der Waals surface area contributed by atoms with Gasteiger partial charge < -0.3 is 16.0 Å². The Kier molecular flexibility index (Phi) is 4.17. The van der Waals surface area contributed by atoms with E-state index in [4.69, 9.17) is 5.73 Å². The molecule has 1 heterocycles. The molecule has 0 fully saturated rings. The van der Waals surface area contributed by atoms with Crippen LogP contribution < -0.4 is 16.0 Å². The zero-order valence-corrected chi connectivity index (χ0v) is 11.8. The number of nitrogens with zero attached hydrogens (tertiary/aromatic N) is 4. The fourth-order valence-electron chi connectivity index (χ4n) is 1.74. The van der Waals surface area contributed by atoms with E-state index in [1.807, 2.05) is 43.3 Å². The summed E-state index contributed by atoms with van der Waals surface area (Å²) in [6.45, 7) is 0.499. The van der Waals surface area contributed by atoms with Crippen LogP contribution in [0.1, 0.15) is 5.56 Å². The van der Waals surface area contributed by atoms with Gasteiger partial charge in [-0.2, -0.15) is 4.98 Å². The quantitative estimate of drug-likeness (QED) is 0.635. The largest absolute Gasteiger partial charge is 0.378 e. The second-order valence-corrected chi connectivity index (χ2v) is 4.64. The van der Waals surface area contributed by atoms with Crippen molar-refractivity contribution < 1.29 is 4.92 Å². The molecule has 0 bridgehead atoms. The van der Waals surface area contributed by atoms with Crippen LogP contribution in [0.5, 0.6) is 0 Å². The smallest absolute Gasteiger partial charge is 0.329 e. The van der Waals surface area contributed by atoms with Gasteiger partial charge in [0.05, 0.1) is 4.92 Å². The molecule has 0 aliphatic rings. The first-order valence-electron chi connectivity index (χ1n) is 6.24.